The van der Waals surface area contributed by atoms with E-state index in [-0.39, 0.29) is 17.9 Å². The lowest BCUT2D eigenvalue weighted by molar-refractivity contribution is -0.145. The van der Waals surface area contributed by atoms with Gasteiger partial charge in [-0.3, -0.25) is 4.79 Å². The third kappa shape index (κ3) is 2.80. The van der Waals surface area contributed by atoms with Crippen molar-refractivity contribution in [2.75, 3.05) is 5.32 Å². The largest absolute Gasteiger partial charge is 0.481 e. The van der Waals surface area contributed by atoms with E-state index < -0.39 is 17.7 Å². The van der Waals surface area contributed by atoms with E-state index in [1.807, 2.05) is 18.2 Å². The van der Waals surface area contributed by atoms with Gasteiger partial charge >= 0.3 is 5.97 Å². The van der Waals surface area contributed by atoms with E-state index in [4.69, 9.17) is 4.98 Å². The molecular formula is C22H19FN6O2. The topological polar surface area (TPSA) is 108 Å². The average Bonchev–Trinajstić information content (AvgIpc) is 3.41. The molecule has 4 atom stereocenters. The first-order chi connectivity index (χ1) is 15.1. The molecule has 0 amide bonds. The number of carbonyl (C=O) groups is 1. The van der Waals surface area contributed by atoms with Crippen LogP contribution in [0.1, 0.15) is 12.8 Å². The van der Waals surface area contributed by atoms with Crippen molar-refractivity contribution >= 4 is 28.3 Å². The number of nitrogens with one attached hydrogen (secondary N) is 2. The van der Waals surface area contributed by atoms with Crippen LogP contribution in [0.25, 0.3) is 27.9 Å². The normalized spacial score (nSPS) is 24.8. The van der Waals surface area contributed by atoms with Crippen molar-refractivity contribution in [1.29, 1.82) is 0 Å². The van der Waals surface area contributed by atoms with Crippen LogP contribution in [-0.4, -0.2) is 41.7 Å². The number of anilines is 1. The average molecular weight is 418 g/mol. The second-order valence-corrected chi connectivity index (χ2v) is 8.20. The second kappa shape index (κ2) is 6.63. The number of aromatic nitrogens is 5. The van der Waals surface area contributed by atoms with E-state index >= 15 is 0 Å². The summed E-state index contributed by atoms with van der Waals surface area (Å²) in [5.41, 5.74) is 1.92. The minimum absolute atomic E-state index is 0.0202. The summed E-state index contributed by atoms with van der Waals surface area (Å²) < 4.78 is 15.5. The van der Waals surface area contributed by atoms with E-state index in [2.05, 4.69) is 26.5 Å². The molecule has 3 aliphatic rings. The molecule has 9 heteroatoms. The highest BCUT2D eigenvalue weighted by molar-refractivity contribution is 5.92. The Balaban J connectivity index is 1.47. The highest BCUT2D eigenvalue weighted by Gasteiger charge is 2.45. The molecule has 4 heterocycles. The summed E-state index contributed by atoms with van der Waals surface area (Å²) in [5.74, 6) is -0.640. The van der Waals surface area contributed by atoms with Crippen LogP contribution in [0.2, 0.25) is 0 Å². The van der Waals surface area contributed by atoms with Gasteiger partial charge in [0.1, 0.15) is 17.0 Å². The number of aromatic amines is 1. The van der Waals surface area contributed by atoms with Crippen LogP contribution >= 0.6 is 0 Å². The number of pyridine rings is 1. The number of hydrogen-bond donors (Lipinski definition) is 3. The van der Waals surface area contributed by atoms with Crippen molar-refractivity contribution in [2.45, 2.75) is 18.9 Å². The van der Waals surface area contributed by atoms with E-state index in [0.717, 1.165) is 24.6 Å². The Morgan fingerprint density at radius 1 is 1.29 bits per heavy atom. The minimum Gasteiger partial charge on any atom is -0.481 e. The Labute approximate surface area is 175 Å². The fourth-order valence-electron chi connectivity index (χ4n) is 5.00. The predicted molar refractivity (Wildman–Crippen MR) is 112 cm³/mol. The molecule has 3 aliphatic carbocycles. The number of hydrogen-bond acceptors (Lipinski definition) is 5. The molecule has 7 rings (SSSR count). The van der Waals surface area contributed by atoms with E-state index in [1.54, 1.807) is 16.9 Å². The van der Waals surface area contributed by atoms with Gasteiger partial charge in [0.05, 0.1) is 12.1 Å². The molecule has 8 nitrogen and oxygen atoms in total. The third-order valence-corrected chi connectivity index (χ3v) is 6.47. The van der Waals surface area contributed by atoms with Crippen molar-refractivity contribution in [2.24, 2.45) is 17.8 Å². The summed E-state index contributed by atoms with van der Waals surface area (Å²) in [4.78, 5) is 23.9. The van der Waals surface area contributed by atoms with Gasteiger partial charge in [-0.15, -0.1) is 5.10 Å². The lowest BCUT2D eigenvalue weighted by Gasteiger charge is -2.43. The second-order valence-electron chi connectivity index (χ2n) is 8.20. The van der Waals surface area contributed by atoms with Gasteiger partial charge in [-0.25, -0.2) is 18.9 Å². The highest BCUT2D eigenvalue weighted by atomic mass is 19.1. The molecule has 0 radical (unpaired) electrons. The molecule has 4 aromatic heterocycles. The number of aliphatic carboxylic acids is 1. The summed E-state index contributed by atoms with van der Waals surface area (Å²) >= 11 is 0. The maximum Gasteiger partial charge on any atom is 0.309 e. The number of rotatable bonds is 4. The summed E-state index contributed by atoms with van der Waals surface area (Å²) in [6, 6.07) is 4.88. The number of carboxylic acids is 1. The van der Waals surface area contributed by atoms with Crippen molar-refractivity contribution in [3.8, 4) is 11.4 Å². The molecule has 31 heavy (non-hydrogen) atoms. The van der Waals surface area contributed by atoms with E-state index in [9.17, 15) is 14.3 Å². The van der Waals surface area contributed by atoms with Crippen molar-refractivity contribution in [3.05, 3.63) is 54.8 Å². The van der Waals surface area contributed by atoms with Crippen LogP contribution in [0.15, 0.2) is 48.9 Å². The molecule has 0 aromatic carbocycles. The van der Waals surface area contributed by atoms with E-state index in [0.29, 0.717) is 28.2 Å². The molecule has 2 bridgehead atoms. The van der Waals surface area contributed by atoms with Crippen LogP contribution in [0.4, 0.5) is 10.2 Å². The maximum atomic E-state index is 13.8. The fourth-order valence-corrected chi connectivity index (χ4v) is 5.00. The Hall–Kier alpha value is -3.75. The van der Waals surface area contributed by atoms with Crippen molar-refractivity contribution in [1.82, 2.24) is 24.6 Å². The predicted octanol–water partition coefficient (Wildman–Crippen LogP) is 3.49. The molecule has 1 fully saturated rings. The summed E-state index contributed by atoms with van der Waals surface area (Å²) in [7, 11) is 0. The number of H-pyrrole nitrogens is 1. The smallest absolute Gasteiger partial charge is 0.309 e. The summed E-state index contributed by atoms with van der Waals surface area (Å²) in [6.45, 7) is 0. The van der Waals surface area contributed by atoms with Crippen LogP contribution < -0.4 is 5.32 Å². The highest BCUT2D eigenvalue weighted by Crippen LogP contribution is 2.42. The standard InChI is InChI=1S/C22H19FN6O2/c23-13-8-14-15(10-25-19(14)24-9-13)20-27-21(16-2-1-7-29(16)28-20)26-18-12-5-3-11(4-6-12)17(18)22(30)31/h1-3,5,7-12,17-18H,4,6H2,(H,24,25)(H,30,31)(H,26,27,28). The van der Waals surface area contributed by atoms with Gasteiger partial charge in [0.15, 0.2) is 11.6 Å². The number of carboxylic acid groups (broad SMARTS) is 1. The van der Waals surface area contributed by atoms with Crippen LogP contribution in [0, 0.1) is 23.6 Å². The third-order valence-electron chi connectivity index (χ3n) is 6.47. The number of halogens is 1. The van der Waals surface area contributed by atoms with Crippen LogP contribution in [0.5, 0.6) is 0 Å². The molecule has 4 aromatic rings. The summed E-state index contributed by atoms with van der Waals surface area (Å²) in [5, 5.41) is 18.5. The first-order valence-corrected chi connectivity index (χ1v) is 10.2. The van der Waals surface area contributed by atoms with Crippen LogP contribution in [-0.2, 0) is 4.79 Å². The molecule has 3 N–H and O–H groups in total. The van der Waals surface area contributed by atoms with Gasteiger partial charge in [0.2, 0.25) is 0 Å². The Morgan fingerprint density at radius 2 is 2.13 bits per heavy atom. The zero-order valence-electron chi connectivity index (χ0n) is 16.4. The van der Waals surface area contributed by atoms with Gasteiger partial charge in [0, 0.05) is 29.4 Å². The zero-order chi connectivity index (χ0) is 21.1. The van der Waals surface area contributed by atoms with Gasteiger partial charge in [-0.2, -0.15) is 0 Å². The van der Waals surface area contributed by atoms with Gasteiger partial charge in [0.25, 0.3) is 0 Å². The molecule has 4 unspecified atom stereocenters. The summed E-state index contributed by atoms with van der Waals surface area (Å²) in [6.07, 6.45) is 10.7. The molecule has 1 saturated carbocycles. The maximum absolute atomic E-state index is 13.8. The Bertz CT molecular complexity index is 1360. The lowest BCUT2D eigenvalue weighted by Crippen LogP contribution is -2.49. The number of allylic oxidation sites excluding steroid dienone is 1. The van der Waals surface area contributed by atoms with Crippen LogP contribution in [0.3, 0.4) is 0 Å². The molecule has 0 aliphatic heterocycles. The van der Waals surface area contributed by atoms with Gasteiger partial charge in [-0.1, -0.05) is 12.2 Å². The fraction of sp³-hybridized carbons (Fsp3) is 0.273. The first-order valence-electron chi connectivity index (χ1n) is 10.2. The number of nitrogens with zero attached hydrogens (tertiary/aromatic N) is 4. The number of fused-ring (bicyclic) bond motifs is 4. The molecule has 0 spiro atoms. The Kier molecular flexibility index (Phi) is 3.86. The molecule has 0 saturated heterocycles. The quantitative estimate of drug-likeness (QED) is 0.438. The van der Waals surface area contributed by atoms with Gasteiger partial charge < -0.3 is 15.4 Å². The van der Waals surface area contributed by atoms with Gasteiger partial charge in [-0.05, 0) is 42.9 Å². The zero-order valence-corrected chi connectivity index (χ0v) is 16.4. The monoisotopic (exact) mass is 418 g/mol. The Morgan fingerprint density at radius 3 is 2.94 bits per heavy atom. The van der Waals surface area contributed by atoms with Crippen molar-refractivity contribution in [3.63, 3.8) is 0 Å². The minimum atomic E-state index is -0.796. The van der Waals surface area contributed by atoms with Crippen molar-refractivity contribution < 1.29 is 14.3 Å². The molecule has 156 valence electrons. The molecular weight excluding hydrogens is 399 g/mol. The van der Waals surface area contributed by atoms with E-state index in [1.165, 1.54) is 6.07 Å². The SMILES string of the molecule is O=C(O)C1C2C=CC(CC2)C1Nc1nc(-c2c[nH]c3ncc(F)cc23)nn2cccc12. The lowest BCUT2D eigenvalue weighted by atomic mass is 9.66. The first kappa shape index (κ1) is 18.1.